The van der Waals surface area contributed by atoms with Crippen LogP contribution in [-0.2, 0) is 10.2 Å². The molecule has 1 fully saturated rings. The number of halogens is 1. The summed E-state index contributed by atoms with van der Waals surface area (Å²) in [6, 6.07) is 8.37. The zero-order valence-electron chi connectivity index (χ0n) is 10.8. The van der Waals surface area contributed by atoms with E-state index in [1.165, 1.54) is 0 Å². The van der Waals surface area contributed by atoms with Crippen molar-refractivity contribution < 1.29 is 9.47 Å². The summed E-state index contributed by atoms with van der Waals surface area (Å²) < 4.78 is 11.5. The maximum atomic E-state index is 9.38. The van der Waals surface area contributed by atoms with Crippen molar-refractivity contribution in [3.63, 3.8) is 0 Å². The fraction of sp³-hybridized carbons (Fsp3) is 0.500. The van der Waals surface area contributed by atoms with Crippen molar-refractivity contribution in [3.8, 4) is 11.8 Å². The third kappa shape index (κ3) is 1.82. The second-order valence-corrected chi connectivity index (χ2v) is 6.02. The highest BCUT2D eigenvalue weighted by Gasteiger charge is 2.52. The molecular formula is C14H16BrNO2. The zero-order chi connectivity index (χ0) is 13.4. The molecule has 1 saturated heterocycles. The van der Waals surface area contributed by atoms with Crippen LogP contribution in [-0.4, -0.2) is 20.3 Å². The minimum Gasteiger partial charge on any atom is -0.496 e. The minimum absolute atomic E-state index is 0.226. The molecule has 96 valence electrons. The molecule has 3 nitrogen and oxygen atoms in total. The van der Waals surface area contributed by atoms with E-state index in [1.54, 1.807) is 7.11 Å². The van der Waals surface area contributed by atoms with E-state index >= 15 is 0 Å². The first-order valence-electron chi connectivity index (χ1n) is 5.80. The van der Waals surface area contributed by atoms with Gasteiger partial charge in [-0.05, 0) is 47.5 Å². The average molecular weight is 310 g/mol. The Morgan fingerprint density at radius 1 is 1.44 bits per heavy atom. The van der Waals surface area contributed by atoms with Gasteiger partial charge in [-0.15, -0.1) is 0 Å². The summed E-state index contributed by atoms with van der Waals surface area (Å²) in [7, 11) is 1.64. The van der Waals surface area contributed by atoms with Crippen LogP contribution in [0.5, 0.6) is 5.75 Å². The number of hydrogen-bond acceptors (Lipinski definition) is 3. The molecule has 0 saturated carbocycles. The van der Waals surface area contributed by atoms with Crippen molar-refractivity contribution in [2.45, 2.75) is 19.3 Å². The Balaban J connectivity index is 2.47. The van der Waals surface area contributed by atoms with Crippen molar-refractivity contribution in [1.82, 2.24) is 0 Å². The first-order chi connectivity index (χ1) is 8.47. The smallest absolute Gasteiger partial charge is 0.133 e. The molecule has 0 spiro atoms. The predicted octanol–water partition coefficient (Wildman–Crippen LogP) is 3.28. The van der Waals surface area contributed by atoms with E-state index in [4.69, 9.17) is 9.47 Å². The Morgan fingerprint density at radius 3 is 2.50 bits per heavy atom. The molecule has 0 amide bonds. The summed E-state index contributed by atoms with van der Waals surface area (Å²) in [6.45, 7) is 5.11. The van der Waals surface area contributed by atoms with Gasteiger partial charge in [0, 0.05) is 0 Å². The molecule has 0 bridgehead atoms. The number of hydrogen-bond donors (Lipinski definition) is 0. The van der Waals surface area contributed by atoms with Gasteiger partial charge in [0.25, 0.3) is 0 Å². The molecule has 0 radical (unpaired) electrons. The molecule has 1 aliphatic rings. The van der Waals surface area contributed by atoms with E-state index in [0.29, 0.717) is 13.2 Å². The highest BCUT2D eigenvalue weighted by molar-refractivity contribution is 9.10. The SMILES string of the molecule is COc1ccc(C2(C(C)(C)C#N)COC2)cc1Br. The number of ether oxygens (including phenoxy) is 2. The summed E-state index contributed by atoms with van der Waals surface area (Å²) in [5, 5.41) is 9.38. The van der Waals surface area contributed by atoms with Gasteiger partial charge in [0.05, 0.1) is 41.7 Å². The van der Waals surface area contributed by atoms with Crippen LogP contribution in [0.25, 0.3) is 0 Å². The van der Waals surface area contributed by atoms with Crippen molar-refractivity contribution in [1.29, 1.82) is 5.26 Å². The molecule has 1 aliphatic heterocycles. The Labute approximate surface area is 116 Å². The maximum Gasteiger partial charge on any atom is 0.133 e. The topological polar surface area (TPSA) is 42.2 Å². The van der Waals surface area contributed by atoms with E-state index in [-0.39, 0.29) is 5.41 Å². The van der Waals surface area contributed by atoms with Crippen molar-refractivity contribution in [2.75, 3.05) is 20.3 Å². The first-order valence-corrected chi connectivity index (χ1v) is 6.59. The first kappa shape index (κ1) is 13.4. The lowest BCUT2D eigenvalue weighted by Gasteiger charge is -2.49. The minimum atomic E-state index is -0.459. The lowest BCUT2D eigenvalue weighted by Crippen LogP contribution is -2.56. The Bertz CT molecular complexity index is 501. The molecule has 0 atom stereocenters. The summed E-state index contributed by atoms with van der Waals surface area (Å²) in [6.07, 6.45) is 0. The number of methoxy groups -OCH3 is 1. The van der Waals surface area contributed by atoms with Crippen LogP contribution in [0.4, 0.5) is 0 Å². The van der Waals surface area contributed by atoms with Crippen molar-refractivity contribution >= 4 is 15.9 Å². The molecule has 1 aromatic rings. The van der Waals surface area contributed by atoms with Crippen LogP contribution in [0.2, 0.25) is 0 Å². The molecule has 0 N–H and O–H groups in total. The average Bonchev–Trinajstić information content (AvgIpc) is 2.27. The molecule has 0 aliphatic carbocycles. The highest BCUT2D eigenvalue weighted by Crippen LogP contribution is 2.48. The number of benzene rings is 1. The Morgan fingerprint density at radius 2 is 2.11 bits per heavy atom. The third-order valence-corrected chi connectivity index (χ3v) is 4.50. The van der Waals surface area contributed by atoms with Gasteiger partial charge < -0.3 is 9.47 Å². The highest BCUT2D eigenvalue weighted by atomic mass is 79.9. The molecule has 4 heteroatoms. The van der Waals surface area contributed by atoms with Crippen LogP contribution in [0.15, 0.2) is 22.7 Å². The summed E-state index contributed by atoms with van der Waals surface area (Å²) in [4.78, 5) is 0. The lowest BCUT2D eigenvalue weighted by molar-refractivity contribution is -0.102. The summed E-state index contributed by atoms with van der Waals surface area (Å²) in [5.41, 5.74) is 0.434. The van der Waals surface area contributed by atoms with E-state index in [0.717, 1.165) is 15.8 Å². The second-order valence-electron chi connectivity index (χ2n) is 5.16. The monoisotopic (exact) mass is 309 g/mol. The van der Waals surface area contributed by atoms with E-state index in [2.05, 4.69) is 22.0 Å². The van der Waals surface area contributed by atoms with Crippen LogP contribution in [0.3, 0.4) is 0 Å². The predicted molar refractivity (Wildman–Crippen MR) is 72.6 cm³/mol. The third-order valence-electron chi connectivity index (χ3n) is 3.88. The van der Waals surface area contributed by atoms with Crippen molar-refractivity contribution in [2.24, 2.45) is 5.41 Å². The van der Waals surface area contributed by atoms with Gasteiger partial charge in [-0.1, -0.05) is 6.07 Å². The Kier molecular flexibility index (Phi) is 3.39. The standard InChI is InChI=1S/C14H16BrNO2/c1-13(2,7-16)14(8-18-9-14)10-4-5-12(17-3)11(15)6-10/h4-6H,8-9H2,1-3H3. The number of nitrogens with zero attached hydrogens (tertiary/aromatic N) is 1. The van der Waals surface area contributed by atoms with Crippen LogP contribution >= 0.6 is 15.9 Å². The molecule has 0 aromatic heterocycles. The van der Waals surface area contributed by atoms with Gasteiger partial charge in [-0.3, -0.25) is 0 Å². The van der Waals surface area contributed by atoms with Crippen LogP contribution in [0.1, 0.15) is 19.4 Å². The molecular weight excluding hydrogens is 294 g/mol. The normalized spacial score (nSPS) is 17.7. The summed E-state index contributed by atoms with van der Waals surface area (Å²) in [5.74, 6) is 0.795. The van der Waals surface area contributed by atoms with E-state index < -0.39 is 5.41 Å². The van der Waals surface area contributed by atoms with Gasteiger partial charge in [0.15, 0.2) is 0 Å². The quantitative estimate of drug-likeness (QED) is 0.860. The summed E-state index contributed by atoms with van der Waals surface area (Å²) >= 11 is 3.49. The molecule has 1 heterocycles. The van der Waals surface area contributed by atoms with Crippen molar-refractivity contribution in [3.05, 3.63) is 28.2 Å². The van der Waals surface area contributed by atoms with Crippen LogP contribution < -0.4 is 4.74 Å². The fourth-order valence-corrected chi connectivity index (χ4v) is 2.81. The zero-order valence-corrected chi connectivity index (χ0v) is 12.4. The van der Waals surface area contributed by atoms with Gasteiger partial charge >= 0.3 is 0 Å². The van der Waals surface area contributed by atoms with Gasteiger partial charge in [-0.2, -0.15) is 5.26 Å². The van der Waals surface area contributed by atoms with E-state index in [1.807, 2.05) is 32.0 Å². The Hall–Kier alpha value is -1.05. The molecule has 18 heavy (non-hydrogen) atoms. The molecule has 0 unspecified atom stereocenters. The second kappa shape index (κ2) is 4.56. The van der Waals surface area contributed by atoms with Gasteiger partial charge in [0.1, 0.15) is 5.75 Å². The maximum absolute atomic E-state index is 9.38. The fourth-order valence-electron chi connectivity index (χ4n) is 2.27. The lowest BCUT2D eigenvalue weighted by atomic mass is 9.61. The molecule has 1 aromatic carbocycles. The number of rotatable bonds is 3. The van der Waals surface area contributed by atoms with Gasteiger partial charge in [-0.25, -0.2) is 0 Å². The van der Waals surface area contributed by atoms with Gasteiger partial charge in [0.2, 0.25) is 0 Å². The largest absolute Gasteiger partial charge is 0.496 e. The van der Waals surface area contributed by atoms with Crippen LogP contribution in [0, 0.1) is 16.7 Å². The molecule has 2 rings (SSSR count). The van der Waals surface area contributed by atoms with E-state index in [9.17, 15) is 5.26 Å². The number of nitriles is 1.